The van der Waals surface area contributed by atoms with Gasteiger partial charge in [0.15, 0.2) is 0 Å². The molecule has 0 bridgehead atoms. The van der Waals surface area contributed by atoms with Crippen molar-refractivity contribution in [3.63, 3.8) is 0 Å². The number of nitrogens with zero attached hydrogens (tertiary/aromatic N) is 1. The van der Waals surface area contributed by atoms with E-state index in [0.29, 0.717) is 0 Å². The summed E-state index contributed by atoms with van der Waals surface area (Å²) in [6, 6.07) is 19.7. The molecular weight excluding hydrogens is 234 g/mol. The van der Waals surface area contributed by atoms with Gasteiger partial charge in [0.25, 0.3) is 5.91 Å². The van der Waals surface area contributed by atoms with Crippen LogP contribution in [0.15, 0.2) is 60.7 Å². The lowest BCUT2D eigenvalue weighted by Gasteiger charge is -2.21. The Morgan fingerprint density at radius 3 is 2.11 bits per heavy atom. The molecule has 0 aliphatic heterocycles. The third-order valence-electron chi connectivity index (χ3n) is 3.20. The summed E-state index contributed by atoms with van der Waals surface area (Å²) in [4.78, 5) is 14.2. The smallest absolute Gasteiger partial charge is 0.253 e. The SMILES string of the molecule is CCN(CCc1ccccc1)C(=O)c1ccccc1. The Labute approximate surface area is 114 Å². The van der Waals surface area contributed by atoms with Crippen LogP contribution >= 0.6 is 0 Å². The molecule has 0 N–H and O–H groups in total. The van der Waals surface area contributed by atoms with Gasteiger partial charge in [-0.2, -0.15) is 0 Å². The van der Waals surface area contributed by atoms with Gasteiger partial charge in [-0.3, -0.25) is 4.79 Å². The molecule has 0 spiro atoms. The molecule has 2 aromatic carbocycles. The van der Waals surface area contributed by atoms with Gasteiger partial charge in [-0.25, -0.2) is 0 Å². The predicted octanol–water partition coefficient (Wildman–Crippen LogP) is 3.39. The zero-order chi connectivity index (χ0) is 13.5. The summed E-state index contributed by atoms with van der Waals surface area (Å²) in [5.41, 5.74) is 2.03. The van der Waals surface area contributed by atoms with E-state index in [0.717, 1.165) is 25.1 Å². The molecule has 98 valence electrons. The van der Waals surface area contributed by atoms with E-state index < -0.39 is 0 Å². The Balaban J connectivity index is 1.99. The molecular formula is C17H19NO. The van der Waals surface area contributed by atoms with E-state index in [9.17, 15) is 4.79 Å². The molecule has 0 radical (unpaired) electrons. The first-order valence-corrected chi connectivity index (χ1v) is 6.69. The Kier molecular flexibility index (Phi) is 4.73. The standard InChI is InChI=1S/C17H19NO/c1-2-18(14-13-15-9-5-3-6-10-15)17(19)16-11-7-4-8-12-16/h3-12H,2,13-14H2,1H3. The molecule has 0 fully saturated rings. The largest absolute Gasteiger partial charge is 0.339 e. The van der Waals surface area contributed by atoms with E-state index in [2.05, 4.69) is 12.1 Å². The Morgan fingerprint density at radius 2 is 1.53 bits per heavy atom. The predicted molar refractivity (Wildman–Crippen MR) is 78.2 cm³/mol. The van der Waals surface area contributed by atoms with Crippen LogP contribution in [0.25, 0.3) is 0 Å². The van der Waals surface area contributed by atoms with Crippen molar-refractivity contribution < 1.29 is 4.79 Å². The minimum absolute atomic E-state index is 0.110. The highest BCUT2D eigenvalue weighted by atomic mass is 16.2. The monoisotopic (exact) mass is 253 g/mol. The highest BCUT2D eigenvalue weighted by Gasteiger charge is 2.13. The molecule has 1 amide bonds. The zero-order valence-corrected chi connectivity index (χ0v) is 11.3. The van der Waals surface area contributed by atoms with Crippen molar-refractivity contribution in [3.8, 4) is 0 Å². The zero-order valence-electron chi connectivity index (χ0n) is 11.3. The Bertz CT molecular complexity index is 507. The minimum Gasteiger partial charge on any atom is -0.339 e. The van der Waals surface area contributed by atoms with Crippen LogP contribution in [0.1, 0.15) is 22.8 Å². The number of rotatable bonds is 5. The molecule has 2 rings (SSSR count). The van der Waals surface area contributed by atoms with Gasteiger partial charge < -0.3 is 4.90 Å². The number of hydrogen-bond donors (Lipinski definition) is 0. The fraction of sp³-hybridized carbons (Fsp3) is 0.235. The van der Waals surface area contributed by atoms with E-state index in [-0.39, 0.29) is 5.91 Å². The minimum atomic E-state index is 0.110. The second-order valence-corrected chi connectivity index (χ2v) is 4.49. The Morgan fingerprint density at radius 1 is 0.947 bits per heavy atom. The van der Waals surface area contributed by atoms with E-state index in [1.807, 2.05) is 60.4 Å². The van der Waals surface area contributed by atoms with Gasteiger partial charge in [0.2, 0.25) is 0 Å². The summed E-state index contributed by atoms with van der Waals surface area (Å²) in [6.07, 6.45) is 0.896. The molecule has 0 aliphatic carbocycles. The maximum absolute atomic E-state index is 12.3. The first kappa shape index (κ1) is 13.3. The van der Waals surface area contributed by atoms with Gasteiger partial charge in [0, 0.05) is 18.7 Å². The molecule has 0 saturated carbocycles. The molecule has 2 heteroatoms. The quantitative estimate of drug-likeness (QED) is 0.800. The molecule has 0 aliphatic rings. The topological polar surface area (TPSA) is 20.3 Å². The van der Waals surface area contributed by atoms with Crippen LogP contribution in [0, 0.1) is 0 Å². The van der Waals surface area contributed by atoms with Crippen LogP contribution < -0.4 is 0 Å². The van der Waals surface area contributed by atoms with Crippen LogP contribution in [0.5, 0.6) is 0 Å². The van der Waals surface area contributed by atoms with Crippen molar-refractivity contribution in [1.82, 2.24) is 4.90 Å². The summed E-state index contributed by atoms with van der Waals surface area (Å²) in [6.45, 7) is 3.51. The summed E-state index contributed by atoms with van der Waals surface area (Å²) < 4.78 is 0. The third kappa shape index (κ3) is 3.68. The van der Waals surface area contributed by atoms with E-state index in [4.69, 9.17) is 0 Å². The fourth-order valence-corrected chi connectivity index (χ4v) is 2.08. The molecule has 0 heterocycles. The molecule has 0 aromatic heterocycles. The molecule has 19 heavy (non-hydrogen) atoms. The first-order valence-electron chi connectivity index (χ1n) is 6.69. The molecule has 2 aromatic rings. The third-order valence-corrected chi connectivity index (χ3v) is 3.20. The maximum Gasteiger partial charge on any atom is 0.253 e. The highest BCUT2D eigenvalue weighted by Crippen LogP contribution is 2.07. The summed E-state index contributed by atoms with van der Waals surface area (Å²) in [7, 11) is 0. The first-order chi connectivity index (χ1) is 9.31. The normalized spacial score (nSPS) is 10.2. The van der Waals surface area contributed by atoms with Crippen molar-refractivity contribution >= 4 is 5.91 Å². The number of carbonyl (C=O) groups is 1. The van der Waals surface area contributed by atoms with Gasteiger partial charge in [-0.05, 0) is 31.0 Å². The number of benzene rings is 2. The van der Waals surface area contributed by atoms with Crippen molar-refractivity contribution in [2.24, 2.45) is 0 Å². The van der Waals surface area contributed by atoms with E-state index in [1.165, 1.54) is 5.56 Å². The lowest BCUT2D eigenvalue weighted by atomic mass is 10.1. The lowest BCUT2D eigenvalue weighted by Crippen LogP contribution is -2.32. The van der Waals surface area contributed by atoms with Crippen LogP contribution in [0.4, 0.5) is 0 Å². The maximum atomic E-state index is 12.3. The van der Waals surface area contributed by atoms with Crippen molar-refractivity contribution in [3.05, 3.63) is 71.8 Å². The van der Waals surface area contributed by atoms with Gasteiger partial charge in [0.1, 0.15) is 0 Å². The fourth-order valence-electron chi connectivity index (χ4n) is 2.08. The number of hydrogen-bond acceptors (Lipinski definition) is 1. The second kappa shape index (κ2) is 6.74. The van der Waals surface area contributed by atoms with Crippen LogP contribution in [-0.2, 0) is 6.42 Å². The highest BCUT2D eigenvalue weighted by molar-refractivity contribution is 5.94. The van der Waals surface area contributed by atoms with Gasteiger partial charge >= 0.3 is 0 Å². The summed E-state index contributed by atoms with van der Waals surface area (Å²) in [5.74, 6) is 0.110. The number of likely N-dealkylation sites (N-methyl/N-ethyl adjacent to an activating group) is 1. The van der Waals surface area contributed by atoms with Crippen molar-refractivity contribution in [2.75, 3.05) is 13.1 Å². The average Bonchev–Trinajstić information content (AvgIpc) is 2.49. The van der Waals surface area contributed by atoms with Crippen LogP contribution in [0.2, 0.25) is 0 Å². The molecule has 0 atom stereocenters. The summed E-state index contributed by atoms with van der Waals surface area (Å²) >= 11 is 0. The summed E-state index contributed by atoms with van der Waals surface area (Å²) in [5, 5.41) is 0. The lowest BCUT2D eigenvalue weighted by molar-refractivity contribution is 0.0766. The molecule has 0 unspecified atom stereocenters. The number of carbonyl (C=O) groups excluding carboxylic acids is 1. The average molecular weight is 253 g/mol. The van der Waals surface area contributed by atoms with E-state index in [1.54, 1.807) is 0 Å². The second-order valence-electron chi connectivity index (χ2n) is 4.49. The van der Waals surface area contributed by atoms with E-state index >= 15 is 0 Å². The molecule has 2 nitrogen and oxygen atoms in total. The van der Waals surface area contributed by atoms with Crippen molar-refractivity contribution in [2.45, 2.75) is 13.3 Å². The molecule has 0 saturated heterocycles. The number of amides is 1. The van der Waals surface area contributed by atoms with Gasteiger partial charge in [-0.15, -0.1) is 0 Å². The van der Waals surface area contributed by atoms with Crippen LogP contribution in [0.3, 0.4) is 0 Å². The Hall–Kier alpha value is -2.09. The van der Waals surface area contributed by atoms with Gasteiger partial charge in [0.05, 0.1) is 0 Å². The van der Waals surface area contributed by atoms with Gasteiger partial charge in [-0.1, -0.05) is 48.5 Å². The van der Waals surface area contributed by atoms with Crippen molar-refractivity contribution in [1.29, 1.82) is 0 Å². The van der Waals surface area contributed by atoms with Crippen LogP contribution in [-0.4, -0.2) is 23.9 Å².